The first kappa shape index (κ1) is 11.9. The smallest absolute Gasteiger partial charge is 0.156 e. The Kier molecular flexibility index (Phi) is 3.58. The molecule has 17 heavy (non-hydrogen) atoms. The summed E-state index contributed by atoms with van der Waals surface area (Å²) in [6.07, 6.45) is 2.87. The minimum atomic E-state index is 0.469. The third kappa shape index (κ3) is 2.24. The highest BCUT2D eigenvalue weighted by atomic mass is 32.1. The van der Waals surface area contributed by atoms with Crippen LogP contribution in [0.2, 0.25) is 0 Å². The Morgan fingerprint density at radius 1 is 1.59 bits per heavy atom. The lowest BCUT2D eigenvalue weighted by Gasteiger charge is -2.01. The van der Waals surface area contributed by atoms with Crippen molar-refractivity contribution in [2.45, 2.75) is 26.3 Å². The number of carbonyl (C=O) groups is 1. The molecule has 0 unspecified atom stereocenters. The maximum absolute atomic E-state index is 11.1. The number of nitrogens with zero attached hydrogens (tertiary/aromatic N) is 2. The van der Waals surface area contributed by atoms with Crippen LogP contribution in [0.3, 0.4) is 0 Å². The lowest BCUT2D eigenvalue weighted by molar-refractivity contribution is 0.112. The fourth-order valence-corrected chi connectivity index (χ4v) is 2.40. The van der Waals surface area contributed by atoms with E-state index >= 15 is 0 Å². The largest absolute Gasteiger partial charge is 0.383 e. The number of aldehydes is 1. The zero-order valence-electron chi connectivity index (χ0n) is 9.72. The van der Waals surface area contributed by atoms with E-state index in [1.54, 1.807) is 16.0 Å². The Morgan fingerprint density at radius 3 is 3.00 bits per heavy atom. The second-order valence-corrected chi connectivity index (χ2v) is 4.77. The van der Waals surface area contributed by atoms with Crippen molar-refractivity contribution in [1.82, 2.24) is 9.78 Å². The van der Waals surface area contributed by atoms with Crippen LogP contribution in [0, 0.1) is 0 Å². The van der Waals surface area contributed by atoms with Crippen LogP contribution in [-0.2, 0) is 6.54 Å². The Bertz CT molecular complexity index is 502. The summed E-state index contributed by atoms with van der Waals surface area (Å²) < 4.78 is 1.72. The van der Waals surface area contributed by atoms with Gasteiger partial charge in [0, 0.05) is 6.54 Å². The van der Waals surface area contributed by atoms with E-state index in [2.05, 4.69) is 12.0 Å². The quantitative estimate of drug-likeness (QED) is 0.829. The van der Waals surface area contributed by atoms with Crippen molar-refractivity contribution in [1.29, 1.82) is 0 Å². The molecule has 2 aromatic rings. The van der Waals surface area contributed by atoms with Gasteiger partial charge in [-0.1, -0.05) is 19.4 Å². The first-order valence-corrected chi connectivity index (χ1v) is 6.51. The van der Waals surface area contributed by atoms with Crippen molar-refractivity contribution in [3.8, 4) is 10.6 Å². The van der Waals surface area contributed by atoms with Gasteiger partial charge in [-0.05, 0) is 17.9 Å². The van der Waals surface area contributed by atoms with Gasteiger partial charge in [0.25, 0.3) is 0 Å². The predicted molar refractivity (Wildman–Crippen MR) is 70.2 cm³/mol. The van der Waals surface area contributed by atoms with Crippen LogP contribution < -0.4 is 5.73 Å². The summed E-state index contributed by atoms with van der Waals surface area (Å²) >= 11 is 1.56. The molecule has 0 radical (unpaired) electrons. The zero-order chi connectivity index (χ0) is 12.3. The van der Waals surface area contributed by atoms with Gasteiger partial charge in [0.15, 0.2) is 6.29 Å². The van der Waals surface area contributed by atoms with Gasteiger partial charge in [0.1, 0.15) is 11.5 Å². The van der Waals surface area contributed by atoms with Crippen LogP contribution in [0.15, 0.2) is 17.5 Å². The summed E-state index contributed by atoms with van der Waals surface area (Å²) in [4.78, 5) is 12.1. The summed E-state index contributed by atoms with van der Waals surface area (Å²) in [6, 6.07) is 3.89. The van der Waals surface area contributed by atoms with Crippen molar-refractivity contribution < 1.29 is 4.79 Å². The monoisotopic (exact) mass is 249 g/mol. The van der Waals surface area contributed by atoms with Gasteiger partial charge in [-0.2, -0.15) is 5.10 Å². The maximum Gasteiger partial charge on any atom is 0.156 e. The van der Waals surface area contributed by atoms with Crippen molar-refractivity contribution in [3.63, 3.8) is 0 Å². The molecular weight excluding hydrogens is 234 g/mol. The molecule has 2 rings (SSSR count). The highest BCUT2D eigenvalue weighted by molar-refractivity contribution is 7.13. The van der Waals surface area contributed by atoms with E-state index in [-0.39, 0.29) is 0 Å². The van der Waals surface area contributed by atoms with E-state index in [1.807, 2.05) is 17.5 Å². The molecular formula is C12H15N3OS. The Balaban J connectivity index is 2.42. The third-order valence-electron chi connectivity index (χ3n) is 2.63. The minimum absolute atomic E-state index is 0.469. The minimum Gasteiger partial charge on any atom is -0.383 e. The topological polar surface area (TPSA) is 60.9 Å². The van der Waals surface area contributed by atoms with Gasteiger partial charge < -0.3 is 5.73 Å². The second kappa shape index (κ2) is 5.14. The molecule has 0 aliphatic rings. The number of nitrogens with two attached hydrogens (primary N) is 1. The molecule has 0 fully saturated rings. The Hall–Kier alpha value is -1.62. The predicted octanol–water partition coefficient (Wildman–Crippen LogP) is 2.81. The van der Waals surface area contributed by atoms with Gasteiger partial charge in [0.2, 0.25) is 0 Å². The average molecular weight is 249 g/mol. The molecule has 0 amide bonds. The van der Waals surface area contributed by atoms with E-state index in [0.717, 1.165) is 30.5 Å². The third-order valence-corrected chi connectivity index (χ3v) is 3.50. The summed E-state index contributed by atoms with van der Waals surface area (Å²) in [5, 5.41) is 6.39. The van der Waals surface area contributed by atoms with Gasteiger partial charge in [0.05, 0.1) is 10.4 Å². The van der Waals surface area contributed by atoms with Crippen LogP contribution in [-0.4, -0.2) is 16.1 Å². The molecule has 90 valence electrons. The number of rotatable bonds is 5. The molecule has 0 aliphatic carbocycles. The lowest BCUT2D eigenvalue weighted by atomic mass is 10.2. The number of carbonyl (C=O) groups excluding carboxylic acids is 1. The van der Waals surface area contributed by atoms with E-state index < -0.39 is 0 Å². The van der Waals surface area contributed by atoms with Crippen molar-refractivity contribution >= 4 is 23.4 Å². The maximum atomic E-state index is 11.1. The number of aromatic nitrogens is 2. The standard InChI is InChI=1S/C12H15N3OS/c1-2-3-6-15-12(13)9(8-16)11(14-15)10-5-4-7-17-10/h4-5,7-8H,2-3,6,13H2,1H3. The highest BCUT2D eigenvalue weighted by Crippen LogP contribution is 2.29. The van der Waals surface area contributed by atoms with Crippen molar-refractivity contribution in [2.24, 2.45) is 0 Å². The Labute approximate surface area is 104 Å². The molecule has 0 spiro atoms. The Morgan fingerprint density at radius 2 is 2.41 bits per heavy atom. The number of anilines is 1. The van der Waals surface area contributed by atoms with Gasteiger partial charge in [-0.15, -0.1) is 11.3 Å². The molecule has 5 heteroatoms. The SMILES string of the molecule is CCCCn1nc(-c2cccs2)c(C=O)c1N. The molecule has 4 nitrogen and oxygen atoms in total. The van der Waals surface area contributed by atoms with E-state index in [9.17, 15) is 4.79 Å². The second-order valence-electron chi connectivity index (χ2n) is 3.82. The molecule has 0 bridgehead atoms. The average Bonchev–Trinajstić information content (AvgIpc) is 2.94. The zero-order valence-corrected chi connectivity index (χ0v) is 10.5. The molecule has 0 atom stereocenters. The fraction of sp³-hybridized carbons (Fsp3) is 0.333. The van der Waals surface area contributed by atoms with Crippen molar-refractivity contribution in [2.75, 3.05) is 5.73 Å². The van der Waals surface area contributed by atoms with Crippen LogP contribution >= 0.6 is 11.3 Å². The number of hydrogen-bond donors (Lipinski definition) is 1. The van der Waals surface area contributed by atoms with Crippen LogP contribution in [0.25, 0.3) is 10.6 Å². The van der Waals surface area contributed by atoms with E-state index in [4.69, 9.17) is 5.73 Å². The number of hydrogen-bond acceptors (Lipinski definition) is 4. The molecule has 0 aromatic carbocycles. The molecule has 2 heterocycles. The van der Waals surface area contributed by atoms with Crippen LogP contribution in [0.5, 0.6) is 0 Å². The lowest BCUT2D eigenvalue weighted by Crippen LogP contribution is -2.05. The summed E-state index contributed by atoms with van der Waals surface area (Å²) in [5.74, 6) is 0.469. The molecule has 2 N–H and O–H groups in total. The van der Waals surface area contributed by atoms with Crippen LogP contribution in [0.1, 0.15) is 30.1 Å². The summed E-state index contributed by atoms with van der Waals surface area (Å²) in [7, 11) is 0. The molecule has 2 aromatic heterocycles. The first-order chi connectivity index (χ1) is 8.27. The molecule has 0 aliphatic heterocycles. The van der Waals surface area contributed by atoms with E-state index in [1.165, 1.54) is 0 Å². The highest BCUT2D eigenvalue weighted by Gasteiger charge is 2.16. The normalized spacial score (nSPS) is 10.6. The number of unbranched alkanes of at least 4 members (excludes halogenated alkanes) is 1. The number of nitrogen functional groups attached to an aromatic ring is 1. The molecule has 0 saturated carbocycles. The fourth-order valence-electron chi connectivity index (χ4n) is 1.68. The summed E-state index contributed by atoms with van der Waals surface area (Å²) in [5.41, 5.74) is 7.14. The van der Waals surface area contributed by atoms with Crippen LogP contribution in [0.4, 0.5) is 5.82 Å². The van der Waals surface area contributed by atoms with Crippen molar-refractivity contribution in [3.05, 3.63) is 23.1 Å². The molecule has 0 saturated heterocycles. The summed E-state index contributed by atoms with van der Waals surface area (Å²) in [6.45, 7) is 2.87. The van der Waals surface area contributed by atoms with E-state index in [0.29, 0.717) is 17.1 Å². The number of aryl methyl sites for hydroxylation is 1. The first-order valence-electron chi connectivity index (χ1n) is 5.63. The van der Waals surface area contributed by atoms with Gasteiger partial charge in [-0.25, -0.2) is 4.68 Å². The van der Waals surface area contributed by atoms with Gasteiger partial charge in [-0.3, -0.25) is 4.79 Å². The van der Waals surface area contributed by atoms with Gasteiger partial charge >= 0.3 is 0 Å². The number of thiophene rings is 1.